The molecule has 1 aliphatic rings. The topological polar surface area (TPSA) is 52.0 Å². The van der Waals surface area contributed by atoms with Crippen molar-refractivity contribution in [1.29, 1.82) is 0 Å². The van der Waals surface area contributed by atoms with Crippen molar-refractivity contribution in [2.45, 2.75) is 19.5 Å². The molecule has 1 unspecified atom stereocenters. The van der Waals surface area contributed by atoms with Gasteiger partial charge in [0, 0.05) is 17.3 Å². The minimum Gasteiger partial charge on any atom is -0.486 e. The smallest absolute Gasteiger partial charge is 0.282 e. The van der Waals surface area contributed by atoms with Gasteiger partial charge in [-0.3, -0.25) is 4.79 Å². The summed E-state index contributed by atoms with van der Waals surface area (Å²) in [7, 11) is 1.97. The minimum atomic E-state index is -0.252. The number of fused-ring (bicyclic) bond motifs is 1. The number of anilines is 1. The number of benzene rings is 2. The first kappa shape index (κ1) is 18.8. The van der Waals surface area contributed by atoms with Crippen LogP contribution in [-0.4, -0.2) is 32.2 Å². The van der Waals surface area contributed by atoms with E-state index in [2.05, 4.69) is 5.32 Å². The molecule has 0 aromatic heterocycles. The van der Waals surface area contributed by atoms with Crippen molar-refractivity contribution in [2.75, 3.05) is 25.6 Å². The molecule has 2 N–H and O–H groups in total. The van der Waals surface area contributed by atoms with Gasteiger partial charge in [-0.1, -0.05) is 29.3 Å². The first-order chi connectivity index (χ1) is 12.4. The fourth-order valence-corrected chi connectivity index (χ4v) is 3.04. The number of hydrogen-bond acceptors (Lipinski definition) is 3. The van der Waals surface area contributed by atoms with E-state index in [1.807, 2.05) is 32.2 Å². The fourth-order valence-electron chi connectivity index (χ4n) is 2.72. The molecule has 0 bridgehead atoms. The average Bonchev–Trinajstić information content (AvgIpc) is 2.64. The Bertz CT molecular complexity index is 813. The van der Waals surface area contributed by atoms with Crippen molar-refractivity contribution in [3.63, 3.8) is 0 Å². The van der Waals surface area contributed by atoms with E-state index in [0.29, 0.717) is 47.0 Å². The SMILES string of the molecule is C[C@@H](C(=O)Nc1ccc2c(c1)OCCO2)[NH+](C)Cc1ccc(Cl)c(Cl)c1. The van der Waals surface area contributed by atoms with Crippen LogP contribution in [0.2, 0.25) is 10.0 Å². The number of rotatable bonds is 5. The van der Waals surface area contributed by atoms with Gasteiger partial charge in [-0.05, 0) is 31.2 Å². The van der Waals surface area contributed by atoms with Crippen LogP contribution < -0.4 is 19.7 Å². The molecule has 1 amide bonds. The van der Waals surface area contributed by atoms with Crippen molar-refractivity contribution in [3.05, 3.63) is 52.0 Å². The molecule has 26 heavy (non-hydrogen) atoms. The van der Waals surface area contributed by atoms with Crippen molar-refractivity contribution < 1.29 is 19.2 Å². The first-order valence-electron chi connectivity index (χ1n) is 8.41. The third-order valence-corrected chi connectivity index (χ3v) is 5.15. The highest BCUT2D eigenvalue weighted by molar-refractivity contribution is 6.42. The van der Waals surface area contributed by atoms with E-state index in [1.165, 1.54) is 0 Å². The zero-order valence-electron chi connectivity index (χ0n) is 14.6. The van der Waals surface area contributed by atoms with Gasteiger partial charge in [0.1, 0.15) is 19.8 Å². The number of halogens is 2. The van der Waals surface area contributed by atoms with Gasteiger partial charge in [-0.25, -0.2) is 0 Å². The standard InChI is InChI=1S/C19H20Cl2N2O3/c1-12(23(2)11-13-3-5-15(20)16(21)9-13)19(24)22-14-4-6-17-18(10-14)26-8-7-25-17/h3-6,9-10,12H,7-8,11H2,1-2H3,(H,22,24)/p+1/t12-/m0/s1. The van der Waals surface area contributed by atoms with E-state index in [0.717, 1.165) is 10.5 Å². The average molecular weight is 396 g/mol. The van der Waals surface area contributed by atoms with E-state index in [4.69, 9.17) is 32.7 Å². The Morgan fingerprint density at radius 3 is 2.58 bits per heavy atom. The predicted molar refractivity (Wildman–Crippen MR) is 103 cm³/mol. The van der Waals surface area contributed by atoms with Crippen LogP contribution in [0.15, 0.2) is 36.4 Å². The zero-order chi connectivity index (χ0) is 18.7. The maximum Gasteiger partial charge on any atom is 0.282 e. The number of ether oxygens (including phenoxy) is 2. The molecule has 1 heterocycles. The summed E-state index contributed by atoms with van der Waals surface area (Å²) in [4.78, 5) is 13.6. The van der Waals surface area contributed by atoms with Crippen molar-refractivity contribution in [2.24, 2.45) is 0 Å². The Balaban J connectivity index is 1.62. The van der Waals surface area contributed by atoms with Gasteiger partial charge in [-0.2, -0.15) is 0 Å². The zero-order valence-corrected chi connectivity index (χ0v) is 16.2. The monoisotopic (exact) mass is 395 g/mol. The molecule has 138 valence electrons. The van der Waals surface area contributed by atoms with Gasteiger partial charge in [0.2, 0.25) is 0 Å². The molecule has 2 aromatic carbocycles. The number of nitrogens with one attached hydrogen (secondary N) is 2. The lowest BCUT2D eigenvalue weighted by molar-refractivity contribution is -0.907. The highest BCUT2D eigenvalue weighted by Gasteiger charge is 2.23. The highest BCUT2D eigenvalue weighted by Crippen LogP contribution is 2.32. The lowest BCUT2D eigenvalue weighted by Crippen LogP contribution is -3.12. The Hall–Kier alpha value is -1.95. The number of likely N-dealkylation sites (N-methyl/N-ethyl adjacent to an activating group) is 1. The predicted octanol–water partition coefficient (Wildman–Crippen LogP) is 2.81. The summed E-state index contributed by atoms with van der Waals surface area (Å²) >= 11 is 12.0. The molecular weight excluding hydrogens is 375 g/mol. The van der Waals surface area contributed by atoms with E-state index in [9.17, 15) is 4.79 Å². The molecule has 0 aliphatic carbocycles. The quantitative estimate of drug-likeness (QED) is 0.818. The Kier molecular flexibility index (Phi) is 5.91. The Morgan fingerprint density at radius 1 is 1.12 bits per heavy atom. The molecule has 0 radical (unpaired) electrons. The summed E-state index contributed by atoms with van der Waals surface area (Å²) in [6.45, 7) is 3.60. The molecule has 1 aliphatic heterocycles. The number of carbonyl (C=O) groups is 1. The third-order valence-electron chi connectivity index (χ3n) is 4.41. The van der Waals surface area contributed by atoms with Crippen LogP contribution in [0.4, 0.5) is 5.69 Å². The van der Waals surface area contributed by atoms with Crippen LogP contribution in [0.25, 0.3) is 0 Å². The van der Waals surface area contributed by atoms with Crippen molar-refractivity contribution >= 4 is 34.8 Å². The molecule has 2 atom stereocenters. The lowest BCUT2D eigenvalue weighted by Gasteiger charge is -2.22. The molecular formula is C19H21Cl2N2O3+. The second kappa shape index (κ2) is 8.16. The van der Waals surface area contributed by atoms with E-state index >= 15 is 0 Å². The Labute approximate surface area is 162 Å². The normalized spacial score (nSPS) is 15.2. The van der Waals surface area contributed by atoms with Gasteiger partial charge in [-0.15, -0.1) is 0 Å². The number of quaternary nitrogens is 1. The lowest BCUT2D eigenvalue weighted by atomic mass is 10.2. The van der Waals surface area contributed by atoms with Crippen LogP contribution >= 0.6 is 23.2 Å². The second-order valence-corrected chi connectivity index (χ2v) is 7.16. The molecule has 0 fully saturated rings. The highest BCUT2D eigenvalue weighted by atomic mass is 35.5. The minimum absolute atomic E-state index is 0.0701. The summed E-state index contributed by atoms with van der Waals surface area (Å²) < 4.78 is 11.0. The van der Waals surface area contributed by atoms with Gasteiger partial charge in [0.25, 0.3) is 5.91 Å². The largest absolute Gasteiger partial charge is 0.486 e. The van der Waals surface area contributed by atoms with E-state index in [-0.39, 0.29) is 11.9 Å². The van der Waals surface area contributed by atoms with Gasteiger partial charge in [0.15, 0.2) is 17.5 Å². The molecule has 2 aromatic rings. The van der Waals surface area contributed by atoms with Crippen LogP contribution in [0.5, 0.6) is 11.5 Å². The second-order valence-electron chi connectivity index (χ2n) is 6.34. The van der Waals surface area contributed by atoms with Gasteiger partial charge in [0.05, 0.1) is 17.1 Å². The van der Waals surface area contributed by atoms with Crippen LogP contribution in [-0.2, 0) is 11.3 Å². The molecule has 0 spiro atoms. The fraction of sp³-hybridized carbons (Fsp3) is 0.316. The molecule has 0 saturated heterocycles. The van der Waals surface area contributed by atoms with Crippen molar-refractivity contribution in [3.8, 4) is 11.5 Å². The van der Waals surface area contributed by atoms with Crippen LogP contribution in [0.1, 0.15) is 12.5 Å². The summed E-state index contributed by atoms with van der Waals surface area (Å²) in [5.74, 6) is 1.28. The molecule has 5 nitrogen and oxygen atoms in total. The van der Waals surface area contributed by atoms with Crippen LogP contribution in [0.3, 0.4) is 0 Å². The number of carbonyl (C=O) groups excluding carboxylic acids is 1. The van der Waals surface area contributed by atoms with Crippen molar-refractivity contribution in [1.82, 2.24) is 0 Å². The first-order valence-corrected chi connectivity index (χ1v) is 9.16. The van der Waals surface area contributed by atoms with Gasteiger partial charge >= 0.3 is 0 Å². The maximum absolute atomic E-state index is 12.6. The van der Waals surface area contributed by atoms with Crippen LogP contribution in [0, 0.1) is 0 Å². The summed E-state index contributed by atoms with van der Waals surface area (Å²) in [6, 6.07) is 10.7. The molecule has 3 rings (SSSR count). The summed E-state index contributed by atoms with van der Waals surface area (Å²) in [5.41, 5.74) is 1.71. The van der Waals surface area contributed by atoms with E-state index in [1.54, 1.807) is 18.2 Å². The number of amides is 1. The van der Waals surface area contributed by atoms with E-state index < -0.39 is 0 Å². The third kappa shape index (κ3) is 4.41. The summed E-state index contributed by atoms with van der Waals surface area (Å²) in [6.07, 6.45) is 0. The molecule has 0 saturated carbocycles. The molecule has 7 heteroatoms. The van der Waals surface area contributed by atoms with Gasteiger partial charge < -0.3 is 19.7 Å². The Morgan fingerprint density at radius 2 is 1.85 bits per heavy atom. The maximum atomic E-state index is 12.6. The summed E-state index contributed by atoms with van der Waals surface area (Å²) in [5, 5.41) is 3.98. The number of hydrogen-bond donors (Lipinski definition) is 2.